The van der Waals surface area contributed by atoms with E-state index in [0.717, 1.165) is 16.6 Å². The standard InChI is InChI=1S/C20H15N5O3/c26-20(21-9-18-23-14-6-2-4-8-17(14)28-18)15-11-27-19(24-15)10-25-12-22-13-5-1-3-7-16(13)25/h1-8,11-12H,9-10H2,(H,21,26). The molecule has 0 spiro atoms. The Morgan fingerprint density at radius 3 is 2.71 bits per heavy atom. The van der Waals surface area contributed by atoms with Gasteiger partial charge in [0.2, 0.25) is 11.8 Å². The number of nitrogens with zero attached hydrogens (tertiary/aromatic N) is 4. The highest BCUT2D eigenvalue weighted by Crippen LogP contribution is 2.15. The van der Waals surface area contributed by atoms with Gasteiger partial charge in [-0.25, -0.2) is 15.0 Å². The predicted octanol–water partition coefficient (Wildman–Crippen LogP) is 3.14. The Bertz CT molecular complexity index is 1250. The van der Waals surface area contributed by atoms with E-state index in [-0.39, 0.29) is 18.1 Å². The van der Waals surface area contributed by atoms with Gasteiger partial charge in [0.15, 0.2) is 11.3 Å². The van der Waals surface area contributed by atoms with Crippen LogP contribution in [-0.2, 0) is 13.1 Å². The van der Waals surface area contributed by atoms with Crippen molar-refractivity contribution in [2.45, 2.75) is 13.1 Å². The second kappa shape index (κ2) is 6.66. The molecule has 0 radical (unpaired) electrons. The summed E-state index contributed by atoms with van der Waals surface area (Å²) in [5.74, 6) is 0.506. The van der Waals surface area contributed by atoms with E-state index in [1.54, 1.807) is 6.33 Å². The zero-order chi connectivity index (χ0) is 18.9. The van der Waals surface area contributed by atoms with Crippen molar-refractivity contribution in [1.82, 2.24) is 24.8 Å². The van der Waals surface area contributed by atoms with Gasteiger partial charge in [-0.3, -0.25) is 4.79 Å². The molecule has 0 saturated carbocycles. The molecule has 3 aromatic heterocycles. The van der Waals surface area contributed by atoms with Crippen LogP contribution in [0.5, 0.6) is 0 Å². The highest BCUT2D eigenvalue weighted by molar-refractivity contribution is 5.91. The summed E-state index contributed by atoms with van der Waals surface area (Å²) >= 11 is 0. The lowest BCUT2D eigenvalue weighted by Crippen LogP contribution is -2.23. The maximum absolute atomic E-state index is 12.3. The first-order valence-corrected chi connectivity index (χ1v) is 8.73. The molecular weight excluding hydrogens is 358 g/mol. The zero-order valence-corrected chi connectivity index (χ0v) is 14.7. The fourth-order valence-electron chi connectivity index (χ4n) is 3.01. The van der Waals surface area contributed by atoms with E-state index in [1.807, 2.05) is 53.1 Å². The summed E-state index contributed by atoms with van der Waals surface area (Å²) in [7, 11) is 0. The van der Waals surface area contributed by atoms with Gasteiger partial charge in [0.05, 0.1) is 23.9 Å². The topological polar surface area (TPSA) is 99.0 Å². The molecule has 1 N–H and O–H groups in total. The Morgan fingerprint density at radius 1 is 1.00 bits per heavy atom. The van der Waals surface area contributed by atoms with Crippen LogP contribution in [0.1, 0.15) is 22.3 Å². The van der Waals surface area contributed by atoms with Crippen LogP contribution in [0.15, 0.2) is 70.0 Å². The molecule has 5 aromatic rings. The number of hydrogen-bond acceptors (Lipinski definition) is 6. The maximum Gasteiger partial charge on any atom is 0.273 e. The Morgan fingerprint density at radius 2 is 1.82 bits per heavy atom. The third-order valence-electron chi connectivity index (χ3n) is 4.36. The molecule has 8 nitrogen and oxygen atoms in total. The Balaban J connectivity index is 1.26. The number of amides is 1. The number of carbonyl (C=O) groups excluding carboxylic acids is 1. The van der Waals surface area contributed by atoms with Crippen LogP contribution in [-0.4, -0.2) is 25.4 Å². The summed E-state index contributed by atoms with van der Waals surface area (Å²) in [4.78, 5) is 25.3. The van der Waals surface area contributed by atoms with Crippen molar-refractivity contribution in [3.63, 3.8) is 0 Å². The molecule has 2 aromatic carbocycles. The fourth-order valence-corrected chi connectivity index (χ4v) is 3.01. The van der Waals surface area contributed by atoms with Crippen LogP contribution in [0.3, 0.4) is 0 Å². The van der Waals surface area contributed by atoms with Crippen LogP contribution in [0.2, 0.25) is 0 Å². The molecule has 138 valence electrons. The predicted molar refractivity (Wildman–Crippen MR) is 101 cm³/mol. The number of oxazole rings is 2. The molecule has 0 atom stereocenters. The molecule has 0 saturated heterocycles. The zero-order valence-electron chi connectivity index (χ0n) is 14.7. The molecule has 1 amide bonds. The van der Waals surface area contributed by atoms with Crippen molar-refractivity contribution in [3.8, 4) is 0 Å². The second-order valence-electron chi connectivity index (χ2n) is 6.25. The number of imidazole rings is 1. The Hall–Kier alpha value is -3.94. The number of fused-ring (bicyclic) bond motifs is 2. The third-order valence-corrected chi connectivity index (χ3v) is 4.36. The average molecular weight is 373 g/mol. The lowest BCUT2D eigenvalue weighted by atomic mass is 10.3. The Labute approximate surface area is 158 Å². The minimum absolute atomic E-state index is 0.169. The molecule has 0 aliphatic carbocycles. The van der Waals surface area contributed by atoms with Crippen LogP contribution >= 0.6 is 0 Å². The highest BCUT2D eigenvalue weighted by Gasteiger charge is 2.14. The smallest absolute Gasteiger partial charge is 0.273 e. The number of carbonyl (C=O) groups is 1. The van der Waals surface area contributed by atoms with E-state index < -0.39 is 0 Å². The summed E-state index contributed by atoms with van der Waals surface area (Å²) in [6.45, 7) is 0.556. The number of benzene rings is 2. The molecule has 0 aliphatic rings. The number of rotatable bonds is 5. The van der Waals surface area contributed by atoms with Crippen molar-refractivity contribution in [2.75, 3.05) is 0 Å². The molecule has 28 heavy (non-hydrogen) atoms. The van der Waals surface area contributed by atoms with E-state index in [9.17, 15) is 4.79 Å². The largest absolute Gasteiger partial charge is 0.446 e. The first kappa shape index (κ1) is 16.2. The van der Waals surface area contributed by atoms with E-state index in [1.165, 1.54) is 6.26 Å². The van der Waals surface area contributed by atoms with Crippen molar-refractivity contribution in [3.05, 3.63) is 78.6 Å². The van der Waals surface area contributed by atoms with Gasteiger partial charge >= 0.3 is 0 Å². The van der Waals surface area contributed by atoms with E-state index in [2.05, 4.69) is 20.3 Å². The summed E-state index contributed by atoms with van der Waals surface area (Å²) in [6, 6.07) is 15.2. The van der Waals surface area contributed by atoms with Crippen LogP contribution < -0.4 is 5.32 Å². The van der Waals surface area contributed by atoms with Crippen LogP contribution in [0, 0.1) is 0 Å². The minimum Gasteiger partial charge on any atom is -0.446 e. The van der Waals surface area contributed by atoms with Crippen LogP contribution in [0.4, 0.5) is 0 Å². The molecule has 5 rings (SSSR count). The number of hydrogen-bond donors (Lipinski definition) is 1. The summed E-state index contributed by atoms with van der Waals surface area (Å²) in [5.41, 5.74) is 3.51. The molecule has 3 heterocycles. The first-order chi connectivity index (χ1) is 13.8. The van der Waals surface area contributed by atoms with Crippen molar-refractivity contribution in [2.24, 2.45) is 0 Å². The summed E-state index contributed by atoms with van der Waals surface area (Å²) in [6.07, 6.45) is 3.07. The summed E-state index contributed by atoms with van der Waals surface area (Å²) in [5, 5.41) is 2.74. The lowest BCUT2D eigenvalue weighted by molar-refractivity contribution is 0.0942. The molecule has 0 aliphatic heterocycles. The monoisotopic (exact) mass is 373 g/mol. The van der Waals surface area contributed by atoms with Gasteiger partial charge in [-0.15, -0.1) is 0 Å². The van der Waals surface area contributed by atoms with Gasteiger partial charge in [-0.2, -0.15) is 0 Å². The first-order valence-electron chi connectivity index (χ1n) is 8.73. The van der Waals surface area contributed by atoms with E-state index >= 15 is 0 Å². The average Bonchev–Trinajstić information content (AvgIpc) is 3.45. The number of nitrogens with one attached hydrogen (secondary N) is 1. The quantitative estimate of drug-likeness (QED) is 0.508. The van der Waals surface area contributed by atoms with Crippen molar-refractivity contribution >= 4 is 28.0 Å². The molecule has 0 bridgehead atoms. The van der Waals surface area contributed by atoms with E-state index in [4.69, 9.17) is 8.83 Å². The highest BCUT2D eigenvalue weighted by atomic mass is 16.4. The van der Waals surface area contributed by atoms with Gasteiger partial charge in [-0.05, 0) is 24.3 Å². The van der Waals surface area contributed by atoms with Gasteiger partial charge in [0.1, 0.15) is 18.3 Å². The van der Waals surface area contributed by atoms with Crippen molar-refractivity contribution in [1.29, 1.82) is 0 Å². The lowest BCUT2D eigenvalue weighted by Gasteiger charge is -2.00. The molecule has 0 fully saturated rings. The summed E-state index contributed by atoms with van der Waals surface area (Å²) < 4.78 is 13.0. The van der Waals surface area contributed by atoms with Gasteiger partial charge < -0.3 is 18.7 Å². The van der Waals surface area contributed by atoms with Gasteiger partial charge in [0, 0.05) is 0 Å². The SMILES string of the molecule is O=C(NCc1nc2ccccc2o1)c1coc(Cn2cnc3ccccc32)n1. The van der Waals surface area contributed by atoms with Crippen molar-refractivity contribution < 1.29 is 13.6 Å². The normalized spacial score (nSPS) is 11.3. The number of para-hydroxylation sites is 4. The molecular formula is C20H15N5O3. The number of aromatic nitrogens is 4. The molecule has 8 heteroatoms. The van der Waals surface area contributed by atoms with E-state index in [0.29, 0.717) is 23.9 Å². The second-order valence-corrected chi connectivity index (χ2v) is 6.25. The maximum atomic E-state index is 12.3. The third kappa shape index (κ3) is 3.01. The minimum atomic E-state index is -0.354. The molecule has 0 unspecified atom stereocenters. The Kier molecular flexibility index (Phi) is 3.86. The van der Waals surface area contributed by atoms with Crippen LogP contribution in [0.25, 0.3) is 22.1 Å². The fraction of sp³-hybridized carbons (Fsp3) is 0.100. The van der Waals surface area contributed by atoms with Gasteiger partial charge in [-0.1, -0.05) is 24.3 Å². The van der Waals surface area contributed by atoms with Gasteiger partial charge in [0.25, 0.3) is 5.91 Å².